The van der Waals surface area contributed by atoms with E-state index in [0.717, 1.165) is 56.9 Å². The lowest BCUT2D eigenvalue weighted by molar-refractivity contribution is 0.169. The second kappa shape index (κ2) is 8.08. The van der Waals surface area contributed by atoms with E-state index in [1.54, 1.807) is 17.2 Å². The number of hydrogen-bond acceptors (Lipinski definition) is 7. The number of amides is 2. The van der Waals surface area contributed by atoms with Crippen LogP contribution in [0.25, 0.3) is 0 Å². The van der Waals surface area contributed by atoms with E-state index in [2.05, 4.69) is 45.3 Å². The Labute approximate surface area is 187 Å². The van der Waals surface area contributed by atoms with E-state index in [9.17, 15) is 10.1 Å². The molecule has 1 N–H and O–H groups in total. The number of carbonyl (C=O) groups excluding carboxylic acids is 1. The fourth-order valence-corrected chi connectivity index (χ4v) is 4.75. The highest BCUT2D eigenvalue weighted by Gasteiger charge is 2.42. The van der Waals surface area contributed by atoms with Crippen LogP contribution in [0.2, 0.25) is 0 Å². The molecule has 5 rings (SSSR count). The van der Waals surface area contributed by atoms with Crippen LogP contribution in [0.5, 0.6) is 0 Å². The van der Waals surface area contributed by atoms with Crippen LogP contribution in [-0.4, -0.2) is 52.2 Å². The quantitative estimate of drug-likeness (QED) is 0.780. The van der Waals surface area contributed by atoms with Crippen molar-refractivity contribution >= 4 is 17.5 Å². The highest BCUT2D eigenvalue weighted by Crippen LogP contribution is 2.47. The molecule has 0 bridgehead atoms. The second-order valence-electron chi connectivity index (χ2n) is 9.62. The summed E-state index contributed by atoms with van der Waals surface area (Å²) in [5.41, 5.74) is 0.742. The van der Waals surface area contributed by atoms with Gasteiger partial charge in [0, 0.05) is 43.7 Å². The second-order valence-corrected chi connectivity index (χ2v) is 9.62. The van der Waals surface area contributed by atoms with Crippen molar-refractivity contribution in [1.29, 1.82) is 5.26 Å². The lowest BCUT2D eigenvalue weighted by atomic mass is 9.80. The molecule has 1 aliphatic carbocycles. The number of likely N-dealkylation sites (tertiary alicyclic amines) is 1. The first-order chi connectivity index (χ1) is 15.5. The third-order valence-corrected chi connectivity index (χ3v) is 7.25. The fourth-order valence-electron chi connectivity index (χ4n) is 4.75. The number of anilines is 2. The molecule has 0 aromatic carbocycles. The van der Waals surface area contributed by atoms with E-state index < -0.39 is 0 Å². The number of carbonyl (C=O) groups is 1. The molecule has 2 aliphatic heterocycles. The van der Waals surface area contributed by atoms with Gasteiger partial charge in [0.05, 0.1) is 5.56 Å². The van der Waals surface area contributed by atoms with Gasteiger partial charge in [-0.3, -0.25) is 0 Å². The van der Waals surface area contributed by atoms with E-state index in [1.165, 1.54) is 0 Å². The standard InChI is InChI=1S/C23H29N7O2/c1-15-13-17(15)20-27-21(28-32-20)23(2)6-11-30(12-7-23)22(31)26-18-16(14-24)5-8-25-19(18)29-9-3-4-10-29/h5,8,15,17H,3-4,6-7,9-13H2,1-2H3,(H,26,31). The van der Waals surface area contributed by atoms with Crippen molar-refractivity contribution in [3.05, 3.63) is 29.5 Å². The molecule has 3 fully saturated rings. The number of urea groups is 1. The minimum absolute atomic E-state index is 0.197. The van der Waals surface area contributed by atoms with Crippen LogP contribution in [-0.2, 0) is 5.41 Å². The van der Waals surface area contributed by atoms with Crippen molar-refractivity contribution in [2.45, 2.75) is 57.3 Å². The molecule has 2 saturated heterocycles. The molecule has 2 unspecified atom stereocenters. The molecular formula is C23H29N7O2. The van der Waals surface area contributed by atoms with Crippen LogP contribution in [0.15, 0.2) is 16.8 Å². The van der Waals surface area contributed by atoms with Gasteiger partial charge in [-0.25, -0.2) is 9.78 Å². The number of hydrogen-bond donors (Lipinski definition) is 1. The third kappa shape index (κ3) is 3.78. The molecule has 4 heterocycles. The fraction of sp³-hybridized carbons (Fsp3) is 0.609. The Hall–Kier alpha value is -3.15. The predicted molar refractivity (Wildman–Crippen MR) is 118 cm³/mol. The zero-order valence-electron chi connectivity index (χ0n) is 18.7. The van der Waals surface area contributed by atoms with Gasteiger partial charge in [0.25, 0.3) is 0 Å². The Morgan fingerprint density at radius 1 is 1.28 bits per heavy atom. The van der Waals surface area contributed by atoms with E-state index in [-0.39, 0.29) is 11.4 Å². The first-order valence-corrected chi connectivity index (χ1v) is 11.5. The lowest BCUT2D eigenvalue weighted by Crippen LogP contribution is -2.46. The molecular weight excluding hydrogens is 406 g/mol. The van der Waals surface area contributed by atoms with Crippen LogP contribution in [0.1, 0.15) is 69.1 Å². The Kier molecular flexibility index (Phi) is 5.24. The van der Waals surface area contributed by atoms with Crippen LogP contribution in [0.3, 0.4) is 0 Å². The number of nitrogens with one attached hydrogen (secondary N) is 1. The number of pyridine rings is 1. The molecule has 2 aromatic rings. The van der Waals surface area contributed by atoms with Gasteiger partial charge in [0.1, 0.15) is 11.8 Å². The largest absolute Gasteiger partial charge is 0.355 e. The molecule has 32 heavy (non-hydrogen) atoms. The van der Waals surface area contributed by atoms with E-state index >= 15 is 0 Å². The number of piperidine rings is 1. The van der Waals surface area contributed by atoms with Gasteiger partial charge < -0.3 is 19.6 Å². The van der Waals surface area contributed by atoms with E-state index in [0.29, 0.717) is 42.0 Å². The summed E-state index contributed by atoms with van der Waals surface area (Å²) in [5, 5.41) is 16.8. The Balaban J connectivity index is 1.26. The zero-order valence-corrected chi connectivity index (χ0v) is 18.7. The Bertz CT molecular complexity index is 1040. The summed E-state index contributed by atoms with van der Waals surface area (Å²) in [6.07, 6.45) is 6.45. The highest BCUT2D eigenvalue weighted by atomic mass is 16.5. The van der Waals surface area contributed by atoms with Gasteiger partial charge in [0.2, 0.25) is 5.89 Å². The van der Waals surface area contributed by atoms with Crippen LogP contribution in [0, 0.1) is 17.2 Å². The average molecular weight is 436 g/mol. The molecule has 1 saturated carbocycles. The van der Waals surface area contributed by atoms with Crippen molar-refractivity contribution < 1.29 is 9.32 Å². The van der Waals surface area contributed by atoms with E-state index in [1.807, 2.05) is 0 Å². The SMILES string of the molecule is CC1CC1c1nc(C2(C)CCN(C(=O)Nc3c(C#N)ccnc3N3CCCC3)CC2)no1. The topological polar surface area (TPSA) is 111 Å². The van der Waals surface area contributed by atoms with Gasteiger partial charge >= 0.3 is 6.03 Å². The van der Waals surface area contributed by atoms with Crippen LogP contribution in [0.4, 0.5) is 16.3 Å². The number of rotatable bonds is 4. The van der Waals surface area contributed by atoms with Gasteiger partial charge in [-0.1, -0.05) is 19.0 Å². The van der Waals surface area contributed by atoms with Gasteiger partial charge in [-0.15, -0.1) is 0 Å². The number of nitrogens with zero attached hydrogens (tertiary/aromatic N) is 6. The maximum atomic E-state index is 13.1. The highest BCUT2D eigenvalue weighted by molar-refractivity contribution is 5.94. The molecule has 0 radical (unpaired) electrons. The maximum Gasteiger partial charge on any atom is 0.321 e. The molecule has 3 aliphatic rings. The summed E-state index contributed by atoms with van der Waals surface area (Å²) in [5.74, 6) is 3.22. The monoisotopic (exact) mass is 435 g/mol. The summed E-state index contributed by atoms with van der Waals surface area (Å²) in [6, 6.07) is 3.65. The first kappa shape index (κ1) is 20.7. The predicted octanol–water partition coefficient (Wildman–Crippen LogP) is 3.65. The number of nitriles is 1. The normalized spacial score (nSPS) is 24.3. The summed E-state index contributed by atoms with van der Waals surface area (Å²) >= 11 is 0. The van der Waals surface area contributed by atoms with Gasteiger partial charge in [-0.2, -0.15) is 10.2 Å². The number of aromatic nitrogens is 3. The first-order valence-electron chi connectivity index (χ1n) is 11.5. The molecule has 9 nitrogen and oxygen atoms in total. The van der Waals surface area contributed by atoms with E-state index in [4.69, 9.17) is 4.52 Å². The van der Waals surface area contributed by atoms with Crippen molar-refractivity contribution in [2.75, 3.05) is 36.4 Å². The molecule has 2 aromatic heterocycles. The molecule has 9 heteroatoms. The summed E-state index contributed by atoms with van der Waals surface area (Å²) < 4.78 is 5.52. The average Bonchev–Trinajstić information content (AvgIpc) is 3.21. The summed E-state index contributed by atoms with van der Waals surface area (Å²) in [6.45, 7) is 7.30. The minimum Gasteiger partial charge on any atom is -0.355 e. The molecule has 168 valence electrons. The zero-order chi connectivity index (χ0) is 22.3. The molecule has 2 amide bonds. The molecule has 0 spiro atoms. The Morgan fingerprint density at radius 2 is 2.00 bits per heavy atom. The minimum atomic E-state index is -0.205. The summed E-state index contributed by atoms with van der Waals surface area (Å²) in [4.78, 5) is 26.2. The Morgan fingerprint density at radius 3 is 2.66 bits per heavy atom. The van der Waals surface area contributed by atoms with Gasteiger partial charge in [-0.05, 0) is 44.1 Å². The maximum absolute atomic E-state index is 13.1. The van der Waals surface area contributed by atoms with Gasteiger partial charge in [0.15, 0.2) is 11.6 Å². The van der Waals surface area contributed by atoms with Crippen molar-refractivity contribution in [2.24, 2.45) is 5.92 Å². The van der Waals surface area contributed by atoms with Crippen LogP contribution >= 0.6 is 0 Å². The smallest absolute Gasteiger partial charge is 0.321 e. The van der Waals surface area contributed by atoms with Crippen molar-refractivity contribution in [3.8, 4) is 6.07 Å². The molecule has 2 atom stereocenters. The summed E-state index contributed by atoms with van der Waals surface area (Å²) in [7, 11) is 0. The lowest BCUT2D eigenvalue weighted by Gasteiger charge is -2.37. The van der Waals surface area contributed by atoms with Crippen LogP contribution < -0.4 is 10.2 Å². The van der Waals surface area contributed by atoms with Crippen molar-refractivity contribution in [1.82, 2.24) is 20.0 Å². The van der Waals surface area contributed by atoms with Crippen molar-refractivity contribution in [3.63, 3.8) is 0 Å². The third-order valence-electron chi connectivity index (χ3n) is 7.25.